The lowest BCUT2D eigenvalue weighted by Crippen LogP contribution is -2.32. The number of rotatable bonds is 5. The first-order valence-electron chi connectivity index (χ1n) is 11.9. The summed E-state index contributed by atoms with van der Waals surface area (Å²) in [6.07, 6.45) is 0. The average molecular weight is 492 g/mol. The number of aryl methyl sites for hydroxylation is 1. The summed E-state index contributed by atoms with van der Waals surface area (Å²) in [5.41, 5.74) is 6.02. The summed E-state index contributed by atoms with van der Waals surface area (Å²) >= 11 is 1.60. The topological polar surface area (TPSA) is 54.5 Å². The van der Waals surface area contributed by atoms with Crippen molar-refractivity contribution in [1.82, 2.24) is 10.3 Å². The number of hydrogen-bond acceptors (Lipinski definition) is 5. The maximum atomic E-state index is 12.8. The second-order valence-electron chi connectivity index (χ2n) is 8.92. The SMILES string of the molecule is Cc1ccccc1-c1nc(CNC(=O)c2ccc(N3COc4ccc5ccccc5c4C3)cc2)cs1. The molecule has 0 atom stereocenters. The van der Waals surface area contributed by atoms with Gasteiger partial charge in [-0.2, -0.15) is 0 Å². The first-order valence-corrected chi connectivity index (χ1v) is 12.8. The summed E-state index contributed by atoms with van der Waals surface area (Å²) in [4.78, 5) is 19.7. The maximum Gasteiger partial charge on any atom is 0.251 e. The standard InChI is InChI=1S/C30H25N3O2S/c1-20-6-2-4-8-25(20)30-32-23(18-36-30)16-31-29(34)22-10-13-24(14-11-22)33-17-27-26-9-5-3-7-21(26)12-15-28(27)35-19-33/h2-15,18H,16-17,19H2,1H3,(H,31,34). The number of aromatic nitrogens is 1. The van der Waals surface area contributed by atoms with Crippen LogP contribution in [-0.2, 0) is 13.1 Å². The van der Waals surface area contributed by atoms with E-state index in [1.165, 1.54) is 21.9 Å². The number of thiazole rings is 1. The van der Waals surface area contributed by atoms with Gasteiger partial charge in [-0.1, -0.05) is 54.6 Å². The molecule has 0 spiro atoms. The molecule has 0 saturated heterocycles. The van der Waals surface area contributed by atoms with E-state index in [4.69, 9.17) is 9.72 Å². The van der Waals surface area contributed by atoms with Crippen molar-refractivity contribution in [1.29, 1.82) is 0 Å². The normalized spacial score (nSPS) is 12.8. The zero-order valence-corrected chi connectivity index (χ0v) is 20.7. The first-order chi connectivity index (χ1) is 17.7. The third kappa shape index (κ3) is 4.32. The van der Waals surface area contributed by atoms with Crippen molar-refractivity contribution in [3.63, 3.8) is 0 Å². The third-order valence-electron chi connectivity index (χ3n) is 6.57. The van der Waals surface area contributed by atoms with Crippen molar-refractivity contribution in [2.45, 2.75) is 20.0 Å². The minimum absolute atomic E-state index is 0.113. The maximum absolute atomic E-state index is 12.8. The number of benzene rings is 4. The van der Waals surface area contributed by atoms with Crippen LogP contribution in [0.1, 0.15) is 27.2 Å². The van der Waals surface area contributed by atoms with Crippen molar-refractivity contribution in [2.75, 3.05) is 11.6 Å². The van der Waals surface area contributed by atoms with Gasteiger partial charge in [0.15, 0.2) is 6.73 Å². The molecule has 178 valence electrons. The lowest BCUT2D eigenvalue weighted by atomic mass is 10.0. The molecule has 5 nitrogen and oxygen atoms in total. The Morgan fingerprint density at radius 3 is 2.67 bits per heavy atom. The highest BCUT2D eigenvalue weighted by molar-refractivity contribution is 7.13. The van der Waals surface area contributed by atoms with Gasteiger partial charge in [0.05, 0.1) is 18.8 Å². The molecule has 1 aliphatic rings. The minimum atomic E-state index is -0.113. The zero-order chi connectivity index (χ0) is 24.5. The highest BCUT2D eigenvalue weighted by atomic mass is 32.1. The Bertz CT molecular complexity index is 1560. The number of nitrogens with one attached hydrogen (secondary N) is 1. The van der Waals surface area contributed by atoms with E-state index in [2.05, 4.69) is 65.7 Å². The van der Waals surface area contributed by atoms with Crippen molar-refractivity contribution < 1.29 is 9.53 Å². The van der Waals surface area contributed by atoms with Crippen LogP contribution in [-0.4, -0.2) is 17.6 Å². The van der Waals surface area contributed by atoms with Crippen LogP contribution >= 0.6 is 11.3 Å². The second kappa shape index (κ2) is 9.47. The van der Waals surface area contributed by atoms with Crippen LogP contribution in [0.25, 0.3) is 21.3 Å². The van der Waals surface area contributed by atoms with Gasteiger partial charge in [0.1, 0.15) is 10.8 Å². The lowest BCUT2D eigenvalue weighted by Gasteiger charge is -2.31. The third-order valence-corrected chi connectivity index (χ3v) is 7.50. The van der Waals surface area contributed by atoms with E-state index >= 15 is 0 Å². The van der Waals surface area contributed by atoms with E-state index in [9.17, 15) is 4.79 Å². The molecule has 0 radical (unpaired) electrons. The van der Waals surface area contributed by atoms with Crippen LogP contribution in [0.5, 0.6) is 5.75 Å². The van der Waals surface area contributed by atoms with Crippen LogP contribution in [0.3, 0.4) is 0 Å². The highest BCUT2D eigenvalue weighted by Crippen LogP contribution is 2.34. The van der Waals surface area contributed by atoms with E-state index in [0.29, 0.717) is 18.8 Å². The fraction of sp³-hybridized carbons (Fsp3) is 0.133. The van der Waals surface area contributed by atoms with Crippen molar-refractivity contribution in [3.05, 3.63) is 113 Å². The van der Waals surface area contributed by atoms with Crippen LogP contribution in [0.15, 0.2) is 90.3 Å². The van der Waals surface area contributed by atoms with Crippen molar-refractivity contribution in [2.24, 2.45) is 0 Å². The molecule has 1 aromatic heterocycles. The Labute approximate surface area is 214 Å². The Morgan fingerprint density at radius 1 is 1.00 bits per heavy atom. The zero-order valence-electron chi connectivity index (χ0n) is 19.9. The smallest absolute Gasteiger partial charge is 0.251 e. The average Bonchev–Trinajstić information content (AvgIpc) is 3.40. The molecule has 36 heavy (non-hydrogen) atoms. The molecule has 2 heterocycles. The predicted octanol–water partition coefficient (Wildman–Crippen LogP) is 6.56. The quantitative estimate of drug-likeness (QED) is 0.303. The molecular weight excluding hydrogens is 466 g/mol. The molecule has 0 aliphatic carbocycles. The van der Waals surface area contributed by atoms with E-state index in [1.807, 2.05) is 41.8 Å². The monoisotopic (exact) mass is 491 g/mol. The molecule has 0 unspecified atom stereocenters. The van der Waals surface area contributed by atoms with Crippen LogP contribution in [0, 0.1) is 6.92 Å². The first kappa shape index (κ1) is 22.3. The molecular formula is C30H25N3O2S. The Hall–Kier alpha value is -4.16. The number of carbonyl (C=O) groups is 1. The van der Waals surface area contributed by atoms with Gasteiger partial charge in [0.2, 0.25) is 0 Å². The van der Waals surface area contributed by atoms with Gasteiger partial charge in [-0.05, 0) is 53.6 Å². The second-order valence-corrected chi connectivity index (χ2v) is 9.78. The summed E-state index contributed by atoms with van der Waals surface area (Å²) in [6, 6.07) is 28.4. The minimum Gasteiger partial charge on any atom is -0.473 e. The van der Waals surface area contributed by atoms with Gasteiger partial charge >= 0.3 is 0 Å². The van der Waals surface area contributed by atoms with E-state index in [1.54, 1.807) is 11.3 Å². The summed E-state index contributed by atoms with van der Waals surface area (Å²) < 4.78 is 6.05. The van der Waals surface area contributed by atoms with Crippen LogP contribution in [0.4, 0.5) is 5.69 Å². The van der Waals surface area contributed by atoms with Crippen LogP contribution in [0.2, 0.25) is 0 Å². The van der Waals surface area contributed by atoms with Gasteiger partial charge in [0.25, 0.3) is 5.91 Å². The van der Waals surface area contributed by atoms with Crippen molar-refractivity contribution >= 4 is 33.7 Å². The number of carbonyl (C=O) groups excluding carboxylic acids is 1. The molecule has 1 aliphatic heterocycles. The van der Waals surface area contributed by atoms with E-state index < -0.39 is 0 Å². The molecule has 5 aromatic rings. The van der Waals surface area contributed by atoms with Gasteiger partial charge in [0, 0.05) is 27.8 Å². The summed E-state index contributed by atoms with van der Waals surface area (Å²) in [5.74, 6) is 0.826. The van der Waals surface area contributed by atoms with Gasteiger partial charge in [-0.25, -0.2) is 4.98 Å². The van der Waals surface area contributed by atoms with Crippen molar-refractivity contribution in [3.8, 4) is 16.3 Å². The Morgan fingerprint density at radius 2 is 1.81 bits per heavy atom. The summed E-state index contributed by atoms with van der Waals surface area (Å²) in [5, 5.41) is 8.39. The number of hydrogen-bond donors (Lipinski definition) is 1. The fourth-order valence-electron chi connectivity index (χ4n) is 4.59. The summed E-state index contributed by atoms with van der Waals surface area (Å²) in [6.45, 7) is 3.71. The molecule has 4 aromatic carbocycles. The molecule has 0 bridgehead atoms. The number of fused-ring (bicyclic) bond motifs is 3. The summed E-state index contributed by atoms with van der Waals surface area (Å²) in [7, 11) is 0. The Kier molecular flexibility index (Phi) is 5.87. The van der Waals surface area contributed by atoms with Gasteiger partial charge in [-0.3, -0.25) is 4.79 Å². The molecule has 6 rings (SSSR count). The Balaban J connectivity index is 1.11. The molecule has 6 heteroatoms. The number of ether oxygens (including phenoxy) is 1. The largest absolute Gasteiger partial charge is 0.473 e. The fourth-order valence-corrected chi connectivity index (χ4v) is 5.49. The molecule has 0 saturated carbocycles. The molecule has 0 fully saturated rings. The molecule has 1 amide bonds. The van der Waals surface area contributed by atoms with Crippen LogP contribution < -0.4 is 15.0 Å². The van der Waals surface area contributed by atoms with E-state index in [-0.39, 0.29) is 5.91 Å². The van der Waals surface area contributed by atoms with E-state index in [0.717, 1.165) is 34.2 Å². The number of amides is 1. The predicted molar refractivity (Wildman–Crippen MR) is 146 cm³/mol. The lowest BCUT2D eigenvalue weighted by molar-refractivity contribution is 0.0950. The number of nitrogens with zero attached hydrogens (tertiary/aromatic N) is 2. The number of anilines is 1. The highest BCUT2D eigenvalue weighted by Gasteiger charge is 2.20. The van der Waals surface area contributed by atoms with Gasteiger partial charge < -0.3 is 15.0 Å². The molecule has 1 N–H and O–H groups in total. The van der Waals surface area contributed by atoms with Gasteiger partial charge in [-0.15, -0.1) is 11.3 Å².